The summed E-state index contributed by atoms with van der Waals surface area (Å²) in [6, 6.07) is 6.90. The van der Waals surface area contributed by atoms with Gasteiger partial charge in [0, 0.05) is 1.43 Å². The largest absolute Gasteiger partial charge is 0.493 e. The van der Waals surface area contributed by atoms with Crippen LogP contribution in [0.2, 0.25) is 0 Å². The van der Waals surface area contributed by atoms with Crippen LogP contribution < -0.4 is 15.5 Å². The molecule has 138 valence electrons. The molecule has 0 saturated carbocycles. The molecule has 0 bridgehead atoms. The number of rotatable bonds is 4. The molecule has 1 aliphatic carbocycles. The van der Waals surface area contributed by atoms with Gasteiger partial charge in [0.1, 0.15) is 0 Å². The van der Waals surface area contributed by atoms with Crippen molar-refractivity contribution in [2.24, 2.45) is 5.92 Å². The van der Waals surface area contributed by atoms with E-state index in [2.05, 4.69) is 33.0 Å². The highest BCUT2D eigenvalue weighted by atomic mass is 16.5. The fourth-order valence-corrected chi connectivity index (χ4v) is 2.34. The van der Waals surface area contributed by atoms with E-state index in [1.807, 2.05) is 18.2 Å². The molecular formula is C21H31NO3. The summed E-state index contributed by atoms with van der Waals surface area (Å²) in [5.74, 6) is 1.45. The highest BCUT2D eigenvalue weighted by Gasteiger charge is 2.16. The molecule has 1 N–H and O–H groups in total. The Labute approximate surface area is 152 Å². The van der Waals surface area contributed by atoms with Gasteiger partial charge in [0.15, 0.2) is 11.5 Å². The average Bonchev–Trinajstić information content (AvgIpc) is 2.77. The van der Waals surface area contributed by atoms with Gasteiger partial charge in [-0.15, -0.1) is 0 Å². The molecule has 0 radical (unpaired) electrons. The van der Waals surface area contributed by atoms with Gasteiger partial charge in [-0.05, 0) is 48.2 Å². The van der Waals surface area contributed by atoms with Gasteiger partial charge in [0.25, 0.3) is 0 Å². The van der Waals surface area contributed by atoms with E-state index < -0.39 is 0 Å². The van der Waals surface area contributed by atoms with Crippen molar-refractivity contribution in [1.29, 1.82) is 0 Å². The van der Waals surface area contributed by atoms with E-state index in [4.69, 9.17) is 4.74 Å². The summed E-state index contributed by atoms with van der Waals surface area (Å²) in [4.78, 5) is 22.5. The van der Waals surface area contributed by atoms with Crippen LogP contribution in [0.25, 0.3) is 0 Å². The van der Waals surface area contributed by atoms with E-state index in [0.29, 0.717) is 17.6 Å². The number of carbonyl (C=O) groups excluding carboxylic acids is 1. The molecule has 1 unspecified atom stereocenters. The molecule has 0 aliphatic heterocycles. The van der Waals surface area contributed by atoms with Crippen LogP contribution in [0.5, 0.6) is 5.75 Å². The lowest BCUT2D eigenvalue weighted by atomic mass is 9.94. The molecule has 1 aromatic carbocycles. The van der Waals surface area contributed by atoms with Crippen molar-refractivity contribution >= 4 is 5.78 Å². The van der Waals surface area contributed by atoms with Crippen LogP contribution >= 0.6 is 0 Å². The van der Waals surface area contributed by atoms with E-state index in [1.54, 1.807) is 25.3 Å². The van der Waals surface area contributed by atoms with Gasteiger partial charge < -0.3 is 10.1 Å². The number of hydrogen-bond donors (Lipinski definition) is 1. The van der Waals surface area contributed by atoms with Crippen molar-refractivity contribution in [2.45, 2.75) is 39.7 Å². The smallest absolute Gasteiger partial charge is 0.220 e. The van der Waals surface area contributed by atoms with Crippen LogP contribution in [0.15, 0.2) is 52.9 Å². The number of ketones is 1. The van der Waals surface area contributed by atoms with E-state index in [1.165, 1.54) is 18.7 Å². The number of carbonyl (C=O) groups is 1. The molecule has 1 aliphatic rings. The lowest BCUT2D eigenvalue weighted by Crippen LogP contribution is -2.33. The molecule has 0 spiro atoms. The molecule has 0 heterocycles. The fraction of sp³-hybridized carbons (Fsp3) is 0.429. The minimum Gasteiger partial charge on any atom is -0.493 e. The van der Waals surface area contributed by atoms with E-state index in [9.17, 15) is 9.59 Å². The van der Waals surface area contributed by atoms with Crippen molar-refractivity contribution in [2.75, 3.05) is 14.2 Å². The Balaban J connectivity index is 0.000000464. The van der Waals surface area contributed by atoms with Crippen LogP contribution in [-0.2, 0) is 4.79 Å². The predicted molar refractivity (Wildman–Crippen MR) is 105 cm³/mol. The van der Waals surface area contributed by atoms with Crippen molar-refractivity contribution in [3.63, 3.8) is 0 Å². The summed E-state index contributed by atoms with van der Waals surface area (Å²) < 4.78 is 4.98. The minimum atomic E-state index is -0.118. The molecule has 4 nitrogen and oxygen atoms in total. The van der Waals surface area contributed by atoms with Gasteiger partial charge in [0.2, 0.25) is 5.43 Å². The van der Waals surface area contributed by atoms with Gasteiger partial charge in [-0.1, -0.05) is 52.0 Å². The van der Waals surface area contributed by atoms with Gasteiger partial charge in [-0.25, -0.2) is 0 Å². The molecule has 25 heavy (non-hydrogen) atoms. The van der Waals surface area contributed by atoms with Crippen molar-refractivity contribution in [1.82, 2.24) is 5.32 Å². The molecule has 0 aromatic heterocycles. The van der Waals surface area contributed by atoms with E-state index >= 15 is 0 Å². The average molecular weight is 345 g/mol. The number of ether oxygens (including phenoxy) is 1. The standard InChI is InChI=1S/C11H14O2.C10H15NO.H2/c1-8(2)9-5-4-6-10(12)11(7-9)13-3;1-7(2)8-4-5-10(12)9(6-8)11-3;/h4-8H,1-3H3;4-7,9,11H,1-3H3;1H. The first kappa shape index (κ1) is 20.8. The Bertz CT molecular complexity index is 709. The van der Waals surface area contributed by atoms with Crippen LogP contribution in [0, 0.1) is 5.92 Å². The predicted octanol–water partition coefficient (Wildman–Crippen LogP) is 3.72. The molecule has 1 aromatic rings. The monoisotopic (exact) mass is 345 g/mol. The highest BCUT2D eigenvalue weighted by molar-refractivity contribution is 5.97. The molecular weight excluding hydrogens is 314 g/mol. The lowest BCUT2D eigenvalue weighted by Gasteiger charge is -2.16. The molecule has 2 rings (SSSR count). The number of allylic oxidation sites excluding steroid dienone is 2. The molecule has 0 fully saturated rings. The first-order chi connectivity index (χ1) is 11.8. The Morgan fingerprint density at radius 1 is 1.08 bits per heavy atom. The van der Waals surface area contributed by atoms with Gasteiger partial charge >= 0.3 is 0 Å². The van der Waals surface area contributed by atoms with Crippen molar-refractivity contribution in [3.05, 3.63) is 63.9 Å². The third kappa shape index (κ3) is 6.31. The molecule has 0 saturated heterocycles. The maximum atomic E-state index is 11.3. The fourth-order valence-electron chi connectivity index (χ4n) is 2.34. The van der Waals surface area contributed by atoms with Crippen molar-refractivity contribution in [3.8, 4) is 5.75 Å². The highest BCUT2D eigenvalue weighted by Crippen LogP contribution is 2.16. The molecule has 4 heteroatoms. The first-order valence-corrected chi connectivity index (χ1v) is 8.59. The van der Waals surface area contributed by atoms with Crippen molar-refractivity contribution < 1.29 is 11.0 Å². The Morgan fingerprint density at radius 3 is 2.28 bits per heavy atom. The maximum absolute atomic E-state index is 11.3. The topological polar surface area (TPSA) is 55.4 Å². The van der Waals surface area contributed by atoms with Crippen LogP contribution in [-0.4, -0.2) is 26.0 Å². The zero-order valence-corrected chi connectivity index (χ0v) is 16.0. The minimum absolute atomic E-state index is 0. The van der Waals surface area contributed by atoms with E-state index in [-0.39, 0.29) is 18.7 Å². The third-order valence-corrected chi connectivity index (χ3v) is 4.05. The summed E-state index contributed by atoms with van der Waals surface area (Å²) in [7, 11) is 3.32. The van der Waals surface area contributed by atoms with Crippen LogP contribution in [0.3, 0.4) is 0 Å². The quantitative estimate of drug-likeness (QED) is 0.903. The zero-order valence-electron chi connectivity index (χ0n) is 16.0. The summed E-state index contributed by atoms with van der Waals surface area (Å²) >= 11 is 0. The number of likely N-dealkylation sites (N-methyl/N-ethyl adjacent to an activating group) is 1. The number of hydrogen-bond acceptors (Lipinski definition) is 4. The normalized spacial score (nSPS) is 16.4. The second-order valence-corrected chi connectivity index (χ2v) is 6.58. The van der Waals surface area contributed by atoms with Gasteiger partial charge in [0.05, 0.1) is 13.2 Å². The van der Waals surface area contributed by atoms with Gasteiger partial charge in [-0.2, -0.15) is 0 Å². The Hall–Kier alpha value is -2.20. The maximum Gasteiger partial charge on any atom is 0.220 e. The van der Waals surface area contributed by atoms with Crippen LogP contribution in [0.4, 0.5) is 0 Å². The molecule has 0 amide bonds. The summed E-state index contributed by atoms with van der Waals surface area (Å²) in [5, 5.41) is 2.96. The second kappa shape index (κ2) is 9.94. The second-order valence-electron chi connectivity index (χ2n) is 6.58. The Morgan fingerprint density at radius 2 is 1.76 bits per heavy atom. The lowest BCUT2D eigenvalue weighted by molar-refractivity contribution is -0.115. The SMILES string of the molecule is CNC1C=C(C(C)C)C=CC1=O.COc1cc(C(C)C)cccc1=O.[HH]. The van der Waals surface area contributed by atoms with Gasteiger partial charge in [-0.3, -0.25) is 9.59 Å². The first-order valence-electron chi connectivity index (χ1n) is 8.59. The third-order valence-electron chi connectivity index (χ3n) is 4.05. The summed E-state index contributed by atoms with van der Waals surface area (Å²) in [6.07, 6.45) is 5.55. The van der Waals surface area contributed by atoms with Crippen LogP contribution in [0.1, 0.15) is 40.6 Å². The number of methoxy groups -OCH3 is 1. The summed E-state index contributed by atoms with van der Waals surface area (Å²) in [5.41, 5.74) is 2.27. The Kier molecular flexibility index (Phi) is 8.29. The summed E-state index contributed by atoms with van der Waals surface area (Å²) in [6.45, 7) is 8.41. The zero-order chi connectivity index (χ0) is 19.0. The molecule has 1 atom stereocenters. The number of nitrogens with one attached hydrogen (secondary N) is 1. The van der Waals surface area contributed by atoms with E-state index in [0.717, 1.165) is 5.56 Å².